The summed E-state index contributed by atoms with van der Waals surface area (Å²) in [6.07, 6.45) is 5.17. The molecule has 3 aromatic rings. The van der Waals surface area contributed by atoms with Gasteiger partial charge in [0.2, 0.25) is 0 Å². The number of fused-ring (bicyclic) bond motifs is 2. The fourth-order valence-corrected chi connectivity index (χ4v) is 5.05. The third-order valence-electron chi connectivity index (χ3n) is 6.73. The van der Waals surface area contributed by atoms with Gasteiger partial charge in [0, 0.05) is 55.9 Å². The first-order valence-corrected chi connectivity index (χ1v) is 9.81. The quantitative estimate of drug-likeness (QED) is 0.706. The first kappa shape index (κ1) is 17.4. The summed E-state index contributed by atoms with van der Waals surface area (Å²) in [6, 6.07) is 12.4. The van der Waals surface area contributed by atoms with Crippen LogP contribution < -0.4 is 0 Å². The largest absolute Gasteiger partial charge is 0.337 e. The molecule has 0 radical (unpaired) electrons. The van der Waals surface area contributed by atoms with Crippen molar-refractivity contribution in [3.8, 4) is 0 Å². The molecule has 0 saturated carbocycles. The Kier molecular flexibility index (Phi) is 3.81. The Morgan fingerprint density at radius 2 is 1.75 bits per heavy atom. The molecule has 2 saturated heterocycles. The molecule has 2 aromatic heterocycles. The van der Waals surface area contributed by atoms with Gasteiger partial charge in [0.1, 0.15) is 5.56 Å². The number of rotatable bonds is 3. The first-order chi connectivity index (χ1) is 13.5. The maximum absolute atomic E-state index is 13.2. The molecule has 0 aliphatic carbocycles. The van der Waals surface area contributed by atoms with Crippen molar-refractivity contribution < 1.29 is 4.79 Å². The molecule has 4 heterocycles. The number of carbonyl (C=O) groups excluding carboxylic acids is 1. The van der Waals surface area contributed by atoms with Crippen LogP contribution in [0.1, 0.15) is 29.8 Å². The van der Waals surface area contributed by atoms with E-state index in [9.17, 15) is 4.79 Å². The standard InChI is InChI=1S/C22H25N5O/c1-21-13-25(12-17-7-4-3-5-8-17)14-22(21,2)16-26(15-21)20(28)18-11-24-27-10-6-9-23-19(18)27/h3-11H,12-16H2,1-2H3. The summed E-state index contributed by atoms with van der Waals surface area (Å²) in [5.74, 6) is 0.0418. The van der Waals surface area contributed by atoms with Crippen LogP contribution in [0.4, 0.5) is 0 Å². The van der Waals surface area contributed by atoms with Gasteiger partial charge in [-0.2, -0.15) is 5.10 Å². The van der Waals surface area contributed by atoms with E-state index in [1.807, 2.05) is 17.2 Å². The zero-order valence-electron chi connectivity index (χ0n) is 16.4. The van der Waals surface area contributed by atoms with E-state index in [-0.39, 0.29) is 16.7 Å². The van der Waals surface area contributed by atoms with Crippen molar-refractivity contribution in [2.75, 3.05) is 26.2 Å². The summed E-state index contributed by atoms with van der Waals surface area (Å²) in [5.41, 5.74) is 2.75. The Bertz CT molecular complexity index is 1010. The molecule has 1 amide bonds. The van der Waals surface area contributed by atoms with E-state index in [0.29, 0.717) is 11.2 Å². The van der Waals surface area contributed by atoms with Crippen LogP contribution in [0.3, 0.4) is 0 Å². The average Bonchev–Trinajstić information content (AvgIpc) is 3.28. The molecule has 2 unspecified atom stereocenters. The molecule has 28 heavy (non-hydrogen) atoms. The van der Waals surface area contributed by atoms with Crippen LogP contribution in [-0.2, 0) is 6.54 Å². The highest BCUT2D eigenvalue weighted by Gasteiger charge is 2.58. The van der Waals surface area contributed by atoms with Crippen LogP contribution >= 0.6 is 0 Å². The number of benzene rings is 1. The second kappa shape index (κ2) is 6.14. The van der Waals surface area contributed by atoms with E-state index in [1.165, 1.54) is 5.56 Å². The molecule has 1 aromatic carbocycles. The van der Waals surface area contributed by atoms with Gasteiger partial charge in [0.15, 0.2) is 5.65 Å². The number of carbonyl (C=O) groups is 1. The van der Waals surface area contributed by atoms with Crippen LogP contribution in [-0.4, -0.2) is 56.5 Å². The lowest BCUT2D eigenvalue weighted by atomic mass is 9.71. The summed E-state index contributed by atoms with van der Waals surface area (Å²) < 4.78 is 1.66. The van der Waals surface area contributed by atoms with Crippen molar-refractivity contribution in [1.82, 2.24) is 24.4 Å². The lowest BCUT2D eigenvalue weighted by Crippen LogP contribution is -2.35. The number of nitrogens with zero attached hydrogens (tertiary/aromatic N) is 5. The third-order valence-corrected chi connectivity index (χ3v) is 6.73. The van der Waals surface area contributed by atoms with E-state index in [4.69, 9.17) is 0 Å². The maximum Gasteiger partial charge on any atom is 0.259 e. The van der Waals surface area contributed by atoms with Gasteiger partial charge in [0.05, 0.1) is 6.20 Å². The zero-order valence-corrected chi connectivity index (χ0v) is 16.4. The molecule has 5 rings (SSSR count). The highest BCUT2D eigenvalue weighted by atomic mass is 16.2. The van der Waals surface area contributed by atoms with Gasteiger partial charge < -0.3 is 4.90 Å². The molecule has 0 spiro atoms. The maximum atomic E-state index is 13.2. The van der Waals surface area contributed by atoms with Crippen molar-refractivity contribution in [2.45, 2.75) is 20.4 Å². The summed E-state index contributed by atoms with van der Waals surface area (Å²) >= 11 is 0. The predicted octanol–water partition coefficient (Wildman–Crippen LogP) is 2.71. The highest BCUT2D eigenvalue weighted by molar-refractivity contribution is 5.99. The minimum atomic E-state index is 0.0418. The lowest BCUT2D eigenvalue weighted by Gasteiger charge is -2.30. The van der Waals surface area contributed by atoms with Crippen LogP contribution in [0.15, 0.2) is 55.0 Å². The van der Waals surface area contributed by atoms with Gasteiger partial charge in [0.25, 0.3) is 5.91 Å². The van der Waals surface area contributed by atoms with Crippen LogP contribution in [0.5, 0.6) is 0 Å². The number of likely N-dealkylation sites (tertiary alicyclic amines) is 2. The smallest absolute Gasteiger partial charge is 0.259 e. The van der Waals surface area contributed by atoms with Crippen molar-refractivity contribution in [3.05, 3.63) is 66.1 Å². The molecule has 144 valence electrons. The molecule has 2 aliphatic rings. The van der Waals surface area contributed by atoms with Crippen molar-refractivity contribution in [1.29, 1.82) is 0 Å². The highest BCUT2D eigenvalue weighted by Crippen LogP contribution is 2.52. The van der Waals surface area contributed by atoms with Crippen LogP contribution in [0.25, 0.3) is 5.65 Å². The SMILES string of the molecule is CC12CN(Cc3ccccc3)CC1(C)CN(C(=O)c1cnn3cccnc13)C2. The molecular formula is C22H25N5O. The predicted molar refractivity (Wildman–Crippen MR) is 107 cm³/mol. The Balaban J connectivity index is 1.35. The van der Waals surface area contributed by atoms with Crippen LogP contribution in [0.2, 0.25) is 0 Å². The summed E-state index contributed by atoms with van der Waals surface area (Å²) in [7, 11) is 0. The number of hydrogen-bond acceptors (Lipinski definition) is 4. The molecule has 6 heteroatoms. The number of amides is 1. The van der Waals surface area contributed by atoms with E-state index in [0.717, 1.165) is 32.7 Å². The third kappa shape index (κ3) is 2.63. The Morgan fingerprint density at radius 1 is 1.04 bits per heavy atom. The fraction of sp³-hybridized carbons (Fsp3) is 0.409. The van der Waals surface area contributed by atoms with Crippen molar-refractivity contribution in [2.24, 2.45) is 10.8 Å². The van der Waals surface area contributed by atoms with Gasteiger partial charge in [-0.05, 0) is 11.6 Å². The second-order valence-corrected chi connectivity index (χ2v) is 8.86. The average molecular weight is 375 g/mol. The lowest BCUT2D eigenvalue weighted by molar-refractivity contribution is 0.0758. The first-order valence-electron chi connectivity index (χ1n) is 9.81. The van der Waals surface area contributed by atoms with Gasteiger partial charge in [-0.1, -0.05) is 44.2 Å². The van der Waals surface area contributed by atoms with E-state index < -0.39 is 0 Å². The summed E-state index contributed by atoms with van der Waals surface area (Å²) in [4.78, 5) is 22.1. The monoisotopic (exact) mass is 375 g/mol. The minimum absolute atomic E-state index is 0.0418. The Morgan fingerprint density at radius 3 is 2.46 bits per heavy atom. The van der Waals surface area contributed by atoms with E-state index in [2.05, 4.69) is 59.2 Å². The fourth-order valence-electron chi connectivity index (χ4n) is 5.05. The number of aromatic nitrogens is 3. The van der Waals surface area contributed by atoms with Gasteiger partial charge in [-0.25, -0.2) is 9.50 Å². The summed E-state index contributed by atoms with van der Waals surface area (Å²) in [5, 5.41) is 4.28. The molecule has 2 aliphatic heterocycles. The van der Waals surface area contributed by atoms with Crippen molar-refractivity contribution >= 4 is 11.6 Å². The van der Waals surface area contributed by atoms with Gasteiger partial charge in [-0.3, -0.25) is 9.69 Å². The van der Waals surface area contributed by atoms with Gasteiger partial charge in [-0.15, -0.1) is 0 Å². The Hall–Kier alpha value is -2.73. The van der Waals surface area contributed by atoms with E-state index >= 15 is 0 Å². The van der Waals surface area contributed by atoms with E-state index in [1.54, 1.807) is 16.9 Å². The molecule has 0 N–H and O–H groups in total. The van der Waals surface area contributed by atoms with Crippen LogP contribution in [0, 0.1) is 10.8 Å². The molecule has 6 nitrogen and oxygen atoms in total. The normalized spacial score (nSPS) is 27.4. The topological polar surface area (TPSA) is 53.7 Å². The molecule has 2 fully saturated rings. The van der Waals surface area contributed by atoms with Gasteiger partial charge >= 0.3 is 0 Å². The summed E-state index contributed by atoms with van der Waals surface area (Å²) in [6.45, 7) is 9.21. The second-order valence-electron chi connectivity index (χ2n) is 8.86. The number of hydrogen-bond donors (Lipinski definition) is 0. The Labute approximate surface area is 164 Å². The molecule has 2 atom stereocenters. The minimum Gasteiger partial charge on any atom is -0.337 e. The molecular weight excluding hydrogens is 350 g/mol. The zero-order chi connectivity index (χ0) is 19.4. The van der Waals surface area contributed by atoms with Crippen molar-refractivity contribution in [3.63, 3.8) is 0 Å². The molecule has 0 bridgehead atoms.